The quantitative estimate of drug-likeness (QED) is 0.482. The van der Waals surface area contributed by atoms with Crippen molar-refractivity contribution in [3.63, 3.8) is 0 Å². The van der Waals surface area contributed by atoms with Crippen LogP contribution in [0.4, 0.5) is 18.9 Å². The molecule has 1 aromatic heterocycles. The molecule has 0 saturated carbocycles. The van der Waals surface area contributed by atoms with Crippen LogP contribution in [0.25, 0.3) is 0 Å². The molecular weight excluding hydrogens is 231 g/mol. The molecule has 0 fully saturated rings. The summed E-state index contributed by atoms with van der Waals surface area (Å²) in [4.78, 5) is 22.6. The van der Waals surface area contributed by atoms with Crippen molar-refractivity contribution in [3.8, 4) is 0 Å². The normalized spacial score (nSPS) is 10.5. The zero-order valence-electron chi connectivity index (χ0n) is 7.49. The molecule has 0 atom stereocenters. The molecule has 0 unspecified atom stereocenters. The van der Waals surface area contributed by atoms with E-state index < -0.39 is 40.1 Å². The summed E-state index contributed by atoms with van der Waals surface area (Å²) in [7, 11) is 0. The van der Waals surface area contributed by atoms with Gasteiger partial charge in [-0.1, -0.05) is 0 Å². The first-order valence-corrected chi connectivity index (χ1v) is 3.77. The topological polar surface area (TPSA) is 99.1 Å². The van der Waals surface area contributed by atoms with Crippen LogP contribution < -0.4 is 5.73 Å². The van der Waals surface area contributed by atoms with Gasteiger partial charge in [-0.2, -0.15) is 4.39 Å². The Bertz CT molecular complexity index is 464. The minimum absolute atomic E-state index is 0.340. The van der Waals surface area contributed by atoms with Crippen LogP contribution >= 0.6 is 0 Å². The fourth-order valence-corrected chi connectivity index (χ4v) is 1.06. The number of hydrogen-bond donors (Lipinski definition) is 1. The molecule has 0 spiro atoms. The highest BCUT2D eigenvalue weighted by atomic mass is 19.3. The van der Waals surface area contributed by atoms with Crippen LogP contribution in [-0.2, 0) is 0 Å². The lowest BCUT2D eigenvalue weighted by atomic mass is 10.1. The van der Waals surface area contributed by atoms with Crippen molar-refractivity contribution in [2.24, 2.45) is 5.73 Å². The molecule has 2 N–H and O–H groups in total. The van der Waals surface area contributed by atoms with Crippen molar-refractivity contribution in [1.29, 1.82) is 0 Å². The van der Waals surface area contributed by atoms with Crippen LogP contribution in [-0.4, -0.2) is 15.8 Å². The molecule has 0 bridgehead atoms. The first kappa shape index (κ1) is 11.9. The molecule has 1 aromatic rings. The van der Waals surface area contributed by atoms with Crippen molar-refractivity contribution in [2.45, 2.75) is 6.43 Å². The van der Waals surface area contributed by atoms with Gasteiger partial charge in [0.2, 0.25) is 5.95 Å². The van der Waals surface area contributed by atoms with Gasteiger partial charge in [0.15, 0.2) is 5.69 Å². The Morgan fingerprint density at radius 3 is 2.50 bits per heavy atom. The highest BCUT2D eigenvalue weighted by Gasteiger charge is 2.31. The van der Waals surface area contributed by atoms with E-state index in [1.165, 1.54) is 0 Å². The monoisotopic (exact) mass is 235 g/mol. The second-order valence-corrected chi connectivity index (χ2v) is 2.65. The molecule has 0 aliphatic rings. The number of nitrogens with zero attached hydrogens (tertiary/aromatic N) is 2. The predicted molar refractivity (Wildman–Crippen MR) is 44.3 cm³/mol. The summed E-state index contributed by atoms with van der Waals surface area (Å²) in [6, 6.07) is 0.340. The van der Waals surface area contributed by atoms with Gasteiger partial charge < -0.3 is 5.73 Å². The van der Waals surface area contributed by atoms with Gasteiger partial charge in [0, 0.05) is 6.07 Å². The van der Waals surface area contributed by atoms with Gasteiger partial charge in [0.05, 0.1) is 4.92 Å². The van der Waals surface area contributed by atoms with Crippen molar-refractivity contribution < 1.29 is 22.9 Å². The molecule has 6 nitrogen and oxygen atoms in total. The third-order valence-corrected chi connectivity index (χ3v) is 1.64. The number of rotatable bonds is 3. The standard InChI is InChI=1S/C7H4F3N3O3/c8-3-1-2(7(11)14)5(13(15)16)4(12-3)6(9)10/h1,6H,(H2,11,14). The second-order valence-electron chi connectivity index (χ2n) is 2.65. The van der Waals surface area contributed by atoms with Crippen LogP contribution in [0.3, 0.4) is 0 Å². The number of nitro groups is 1. The number of nitrogens with two attached hydrogens (primary N) is 1. The Kier molecular flexibility index (Phi) is 3.06. The van der Waals surface area contributed by atoms with E-state index in [9.17, 15) is 28.1 Å². The minimum atomic E-state index is -3.38. The fourth-order valence-electron chi connectivity index (χ4n) is 1.06. The number of hydrogen-bond acceptors (Lipinski definition) is 4. The number of halogens is 3. The lowest BCUT2D eigenvalue weighted by Crippen LogP contribution is -2.16. The Labute approximate surface area is 86.0 Å². The largest absolute Gasteiger partial charge is 0.365 e. The first-order valence-electron chi connectivity index (χ1n) is 3.77. The van der Waals surface area contributed by atoms with Crippen molar-refractivity contribution in [2.75, 3.05) is 0 Å². The number of alkyl halides is 2. The second kappa shape index (κ2) is 4.13. The van der Waals surface area contributed by atoms with E-state index in [4.69, 9.17) is 5.73 Å². The fraction of sp³-hybridized carbons (Fsp3) is 0.143. The summed E-state index contributed by atoms with van der Waals surface area (Å²) in [6.07, 6.45) is -3.38. The molecule has 1 rings (SSSR count). The highest BCUT2D eigenvalue weighted by molar-refractivity contribution is 5.97. The van der Waals surface area contributed by atoms with E-state index in [0.29, 0.717) is 6.07 Å². The zero-order valence-corrected chi connectivity index (χ0v) is 7.49. The van der Waals surface area contributed by atoms with E-state index in [0.717, 1.165) is 0 Å². The van der Waals surface area contributed by atoms with Crippen molar-refractivity contribution >= 4 is 11.6 Å². The zero-order chi connectivity index (χ0) is 12.5. The predicted octanol–water partition coefficient (Wildman–Crippen LogP) is 1.17. The summed E-state index contributed by atoms with van der Waals surface area (Å²) in [5, 5.41) is 10.5. The molecule has 86 valence electrons. The maximum atomic E-state index is 12.7. The van der Waals surface area contributed by atoms with E-state index in [1.54, 1.807) is 0 Å². The number of aromatic nitrogens is 1. The first-order chi connectivity index (χ1) is 7.34. The average Bonchev–Trinajstić information content (AvgIpc) is 2.15. The number of amides is 1. The maximum absolute atomic E-state index is 12.7. The van der Waals surface area contributed by atoms with Gasteiger partial charge in [-0.25, -0.2) is 13.8 Å². The molecule has 0 aliphatic heterocycles. The third kappa shape index (κ3) is 2.07. The van der Waals surface area contributed by atoms with Gasteiger partial charge in [0.1, 0.15) is 5.56 Å². The molecule has 0 radical (unpaired) electrons. The Morgan fingerprint density at radius 1 is 1.56 bits per heavy atom. The molecule has 0 saturated heterocycles. The van der Waals surface area contributed by atoms with Crippen LogP contribution in [0.2, 0.25) is 0 Å². The SMILES string of the molecule is NC(=O)c1cc(F)nc(C(F)F)c1[N+](=O)[O-]. The van der Waals surface area contributed by atoms with E-state index in [-0.39, 0.29) is 0 Å². The number of carbonyl (C=O) groups excluding carboxylic acids is 1. The van der Waals surface area contributed by atoms with Gasteiger partial charge in [-0.3, -0.25) is 14.9 Å². The van der Waals surface area contributed by atoms with Gasteiger partial charge in [0.25, 0.3) is 12.3 Å². The Hall–Kier alpha value is -2.19. The summed E-state index contributed by atoms with van der Waals surface area (Å²) >= 11 is 0. The van der Waals surface area contributed by atoms with E-state index in [2.05, 4.69) is 4.98 Å². The molecule has 16 heavy (non-hydrogen) atoms. The van der Waals surface area contributed by atoms with Crippen molar-refractivity contribution in [3.05, 3.63) is 33.4 Å². The Morgan fingerprint density at radius 2 is 2.12 bits per heavy atom. The summed E-state index contributed by atoms with van der Waals surface area (Å²) in [5.74, 6) is -2.82. The molecule has 1 heterocycles. The maximum Gasteiger partial charge on any atom is 0.309 e. The van der Waals surface area contributed by atoms with Crippen LogP contribution in [0.15, 0.2) is 6.07 Å². The Balaban J connectivity index is 3.60. The van der Waals surface area contributed by atoms with Crippen molar-refractivity contribution in [1.82, 2.24) is 4.98 Å². The molecule has 0 aromatic carbocycles. The lowest BCUT2D eigenvalue weighted by Gasteiger charge is -2.04. The van der Waals surface area contributed by atoms with Crippen LogP contribution in [0.5, 0.6) is 0 Å². The highest BCUT2D eigenvalue weighted by Crippen LogP contribution is 2.30. The smallest absolute Gasteiger partial charge is 0.309 e. The van der Waals surface area contributed by atoms with Gasteiger partial charge in [-0.15, -0.1) is 0 Å². The van der Waals surface area contributed by atoms with E-state index in [1.807, 2.05) is 0 Å². The number of primary amides is 1. The van der Waals surface area contributed by atoms with Crippen LogP contribution in [0, 0.1) is 16.1 Å². The summed E-state index contributed by atoms with van der Waals surface area (Å²) < 4.78 is 37.4. The van der Waals surface area contributed by atoms with Crippen LogP contribution in [0.1, 0.15) is 22.5 Å². The van der Waals surface area contributed by atoms with Gasteiger partial charge in [-0.05, 0) is 0 Å². The van der Waals surface area contributed by atoms with Gasteiger partial charge >= 0.3 is 5.69 Å². The lowest BCUT2D eigenvalue weighted by molar-refractivity contribution is -0.386. The molecular formula is C7H4F3N3O3. The summed E-state index contributed by atoms with van der Waals surface area (Å²) in [5.41, 5.74) is 1.08. The minimum Gasteiger partial charge on any atom is -0.365 e. The summed E-state index contributed by atoms with van der Waals surface area (Å²) in [6.45, 7) is 0. The molecule has 9 heteroatoms. The molecule has 0 aliphatic carbocycles. The number of pyridine rings is 1. The van der Waals surface area contributed by atoms with E-state index >= 15 is 0 Å². The third-order valence-electron chi connectivity index (χ3n) is 1.64. The molecule has 1 amide bonds. The average molecular weight is 235 g/mol. The number of carbonyl (C=O) groups is 1.